The van der Waals surface area contributed by atoms with Gasteiger partial charge in [0.2, 0.25) is 11.8 Å². The van der Waals surface area contributed by atoms with Crippen molar-refractivity contribution in [3.05, 3.63) is 23.7 Å². The lowest BCUT2D eigenvalue weighted by molar-refractivity contribution is -0.138. The molecule has 2 atom stereocenters. The van der Waals surface area contributed by atoms with Crippen molar-refractivity contribution in [1.82, 2.24) is 15.1 Å². The lowest BCUT2D eigenvalue weighted by atomic mass is 10.0. The van der Waals surface area contributed by atoms with Crippen LogP contribution in [0.4, 0.5) is 0 Å². The summed E-state index contributed by atoms with van der Waals surface area (Å²) in [5, 5.41) is 12.3. The second-order valence-corrected chi connectivity index (χ2v) is 6.98. The Bertz CT molecular complexity index is 615. The molecular weight excluding hydrogens is 322 g/mol. The third kappa shape index (κ3) is 4.41. The molecular formula is C18H27N3O4. The fraction of sp³-hybridized carbons (Fsp3) is 0.667. The lowest BCUT2D eigenvalue weighted by Crippen LogP contribution is -2.47. The Hall–Kier alpha value is -1.86. The summed E-state index contributed by atoms with van der Waals surface area (Å²) in [5.74, 6) is 1.70. The van der Waals surface area contributed by atoms with E-state index in [0.29, 0.717) is 26.1 Å². The zero-order valence-corrected chi connectivity index (χ0v) is 14.7. The van der Waals surface area contributed by atoms with Crippen molar-refractivity contribution in [2.75, 3.05) is 39.3 Å². The molecule has 2 amide bonds. The van der Waals surface area contributed by atoms with E-state index >= 15 is 0 Å². The lowest BCUT2D eigenvalue weighted by Gasteiger charge is -2.27. The van der Waals surface area contributed by atoms with Crippen LogP contribution in [0, 0.1) is 6.92 Å². The van der Waals surface area contributed by atoms with Gasteiger partial charge in [0.05, 0.1) is 25.1 Å². The summed E-state index contributed by atoms with van der Waals surface area (Å²) in [5.41, 5.74) is 0. The summed E-state index contributed by atoms with van der Waals surface area (Å²) in [6.07, 6.45) is 2.41. The molecule has 0 aliphatic carbocycles. The van der Waals surface area contributed by atoms with E-state index in [9.17, 15) is 14.7 Å². The van der Waals surface area contributed by atoms with E-state index in [-0.39, 0.29) is 36.9 Å². The molecule has 138 valence electrons. The maximum atomic E-state index is 12.5. The van der Waals surface area contributed by atoms with E-state index in [1.54, 1.807) is 4.90 Å². The summed E-state index contributed by atoms with van der Waals surface area (Å²) in [6, 6.07) is 3.80. The first-order chi connectivity index (χ1) is 12.1. The number of aryl methyl sites for hydroxylation is 1. The number of aliphatic hydroxyl groups is 1. The number of β-amino-alcohol motifs (C(OH)–C–C–N with tert-alkyl or cyclic N) is 1. The van der Waals surface area contributed by atoms with Gasteiger partial charge in [-0.15, -0.1) is 0 Å². The zero-order valence-electron chi connectivity index (χ0n) is 14.7. The van der Waals surface area contributed by atoms with Crippen LogP contribution in [0.25, 0.3) is 0 Å². The highest BCUT2D eigenvalue weighted by Gasteiger charge is 2.36. The number of nitrogens with zero attached hydrogens (tertiary/aromatic N) is 2. The van der Waals surface area contributed by atoms with Gasteiger partial charge in [0.1, 0.15) is 11.5 Å². The highest BCUT2D eigenvalue weighted by molar-refractivity contribution is 5.85. The highest BCUT2D eigenvalue weighted by atomic mass is 16.3. The van der Waals surface area contributed by atoms with E-state index in [4.69, 9.17) is 4.42 Å². The number of likely N-dealkylation sites (tertiary alicyclic amines) is 2. The molecule has 25 heavy (non-hydrogen) atoms. The summed E-state index contributed by atoms with van der Waals surface area (Å²) in [4.78, 5) is 28.1. The largest absolute Gasteiger partial charge is 0.466 e. The van der Waals surface area contributed by atoms with E-state index < -0.39 is 0 Å². The second kappa shape index (κ2) is 8.01. The molecule has 2 fully saturated rings. The molecule has 2 aliphatic heterocycles. The van der Waals surface area contributed by atoms with Crippen LogP contribution >= 0.6 is 0 Å². The van der Waals surface area contributed by atoms with Crippen LogP contribution in [-0.2, 0) is 9.59 Å². The molecule has 1 aromatic rings. The Morgan fingerprint density at radius 1 is 1.36 bits per heavy atom. The summed E-state index contributed by atoms with van der Waals surface area (Å²) in [7, 11) is 0. The average molecular weight is 349 g/mol. The molecule has 7 nitrogen and oxygen atoms in total. The Balaban J connectivity index is 1.63. The molecule has 0 unspecified atom stereocenters. The van der Waals surface area contributed by atoms with Gasteiger partial charge in [-0.05, 0) is 31.9 Å². The van der Waals surface area contributed by atoms with Gasteiger partial charge in [0.25, 0.3) is 0 Å². The van der Waals surface area contributed by atoms with Crippen molar-refractivity contribution < 1.29 is 19.1 Å². The number of carbonyl (C=O) groups is 2. The first-order valence-electron chi connectivity index (χ1n) is 9.03. The van der Waals surface area contributed by atoms with Crippen LogP contribution in [0.3, 0.4) is 0 Å². The quantitative estimate of drug-likeness (QED) is 0.780. The van der Waals surface area contributed by atoms with Crippen LogP contribution in [0.5, 0.6) is 0 Å². The van der Waals surface area contributed by atoms with Gasteiger partial charge in [-0.3, -0.25) is 14.5 Å². The zero-order chi connectivity index (χ0) is 17.8. The minimum absolute atomic E-state index is 0.0567. The third-order valence-electron chi connectivity index (χ3n) is 5.04. The number of piperidine rings is 1. The fourth-order valence-corrected chi connectivity index (χ4v) is 3.75. The van der Waals surface area contributed by atoms with Crippen molar-refractivity contribution in [1.29, 1.82) is 0 Å². The standard InChI is InChI=1S/C18H27N3O4/c1-13-5-6-16(25-13)14-10-20(8-9-22)11-15(14)19-17(23)12-21-7-3-2-4-18(21)24/h5-6,14-15,22H,2-4,7-12H2,1H3,(H,19,23)/t14-,15-/m1/s1. The van der Waals surface area contributed by atoms with Crippen molar-refractivity contribution in [3.63, 3.8) is 0 Å². The van der Waals surface area contributed by atoms with Crippen molar-refractivity contribution in [2.24, 2.45) is 0 Å². The average Bonchev–Trinajstić information content (AvgIpc) is 3.16. The van der Waals surface area contributed by atoms with Gasteiger partial charge in [-0.1, -0.05) is 0 Å². The minimum Gasteiger partial charge on any atom is -0.466 e. The highest BCUT2D eigenvalue weighted by Crippen LogP contribution is 2.29. The molecule has 7 heteroatoms. The van der Waals surface area contributed by atoms with Gasteiger partial charge in [-0.25, -0.2) is 0 Å². The number of furan rings is 1. The summed E-state index contributed by atoms with van der Waals surface area (Å²) >= 11 is 0. The predicted octanol–water partition coefficient (Wildman–Crippen LogP) is 0.477. The SMILES string of the molecule is Cc1ccc([C@@H]2CN(CCO)C[C@H]2NC(=O)CN2CCCCC2=O)o1. The first-order valence-corrected chi connectivity index (χ1v) is 9.03. The van der Waals surface area contributed by atoms with Crippen molar-refractivity contribution in [2.45, 2.75) is 38.1 Å². The molecule has 2 saturated heterocycles. The maximum absolute atomic E-state index is 12.5. The molecule has 0 saturated carbocycles. The van der Waals surface area contributed by atoms with Crippen LogP contribution in [0.15, 0.2) is 16.5 Å². The molecule has 0 spiro atoms. The maximum Gasteiger partial charge on any atom is 0.239 e. The van der Waals surface area contributed by atoms with Crippen LogP contribution in [0.2, 0.25) is 0 Å². The van der Waals surface area contributed by atoms with E-state index in [1.165, 1.54) is 0 Å². The fourth-order valence-electron chi connectivity index (χ4n) is 3.75. The predicted molar refractivity (Wildman–Crippen MR) is 92.1 cm³/mol. The number of aliphatic hydroxyl groups excluding tert-OH is 1. The van der Waals surface area contributed by atoms with Gasteiger partial charge in [0.15, 0.2) is 0 Å². The van der Waals surface area contributed by atoms with Gasteiger partial charge < -0.3 is 19.7 Å². The Morgan fingerprint density at radius 3 is 2.88 bits per heavy atom. The number of hydrogen-bond donors (Lipinski definition) is 2. The summed E-state index contributed by atoms with van der Waals surface area (Å²) in [6.45, 7) is 4.76. The molecule has 2 aliphatic rings. The van der Waals surface area contributed by atoms with E-state index in [1.807, 2.05) is 19.1 Å². The number of carbonyl (C=O) groups excluding carboxylic acids is 2. The van der Waals surface area contributed by atoms with Gasteiger partial charge >= 0.3 is 0 Å². The summed E-state index contributed by atoms with van der Waals surface area (Å²) < 4.78 is 5.77. The number of nitrogens with one attached hydrogen (secondary N) is 1. The molecule has 1 aromatic heterocycles. The van der Waals surface area contributed by atoms with E-state index in [2.05, 4.69) is 10.2 Å². The molecule has 0 bridgehead atoms. The van der Waals surface area contributed by atoms with Crippen molar-refractivity contribution in [3.8, 4) is 0 Å². The van der Waals surface area contributed by atoms with Gasteiger partial charge in [-0.2, -0.15) is 0 Å². The Morgan fingerprint density at radius 2 is 2.20 bits per heavy atom. The second-order valence-electron chi connectivity index (χ2n) is 6.98. The Kier molecular flexibility index (Phi) is 5.75. The number of hydrogen-bond acceptors (Lipinski definition) is 5. The molecule has 0 aromatic carbocycles. The monoisotopic (exact) mass is 349 g/mol. The van der Waals surface area contributed by atoms with Crippen LogP contribution in [0.1, 0.15) is 36.7 Å². The van der Waals surface area contributed by atoms with Gasteiger partial charge in [0, 0.05) is 32.6 Å². The normalized spacial score (nSPS) is 24.7. The number of rotatable bonds is 6. The van der Waals surface area contributed by atoms with Crippen LogP contribution < -0.4 is 5.32 Å². The minimum atomic E-state index is -0.126. The Labute approximate surface area is 148 Å². The van der Waals surface area contributed by atoms with Crippen LogP contribution in [-0.4, -0.2) is 72.1 Å². The molecule has 2 N–H and O–H groups in total. The third-order valence-corrected chi connectivity index (χ3v) is 5.04. The molecule has 3 heterocycles. The molecule has 3 rings (SSSR count). The molecule has 0 radical (unpaired) electrons. The van der Waals surface area contributed by atoms with E-state index in [0.717, 1.165) is 30.9 Å². The smallest absolute Gasteiger partial charge is 0.239 e. The number of amides is 2. The first kappa shape index (κ1) is 17.9. The topological polar surface area (TPSA) is 86.0 Å². The van der Waals surface area contributed by atoms with Crippen molar-refractivity contribution >= 4 is 11.8 Å².